The van der Waals surface area contributed by atoms with E-state index in [1.165, 1.54) is 0 Å². The van der Waals surface area contributed by atoms with Crippen molar-refractivity contribution in [3.05, 3.63) is 0 Å². The van der Waals surface area contributed by atoms with Gasteiger partial charge in [0.1, 0.15) is 18.5 Å². The van der Waals surface area contributed by atoms with Crippen molar-refractivity contribution in [2.45, 2.75) is 44.8 Å². The summed E-state index contributed by atoms with van der Waals surface area (Å²) in [5, 5.41) is 17.5. The largest absolute Gasteiger partial charge is 0.394 e. The first-order valence-corrected chi connectivity index (χ1v) is 5.10. The number of carbonyl (C=O) groups is 1. The van der Waals surface area contributed by atoms with Gasteiger partial charge in [0.05, 0.1) is 13.2 Å². The van der Waals surface area contributed by atoms with E-state index in [0.29, 0.717) is 6.42 Å². The van der Waals surface area contributed by atoms with E-state index < -0.39 is 12.2 Å². The maximum absolute atomic E-state index is 10.5. The van der Waals surface area contributed by atoms with Crippen LogP contribution in [0.3, 0.4) is 0 Å². The molecule has 0 saturated heterocycles. The predicted molar refractivity (Wildman–Crippen MR) is 53.0 cm³/mol. The fourth-order valence-electron chi connectivity index (χ4n) is 1.07. The second kappa shape index (κ2) is 9.12. The smallest absolute Gasteiger partial charge is 0.148 e. The summed E-state index contributed by atoms with van der Waals surface area (Å²) in [6, 6.07) is 0. The molecule has 0 saturated carbocycles. The zero-order valence-electron chi connectivity index (χ0n) is 8.69. The van der Waals surface area contributed by atoms with Gasteiger partial charge in [-0.2, -0.15) is 0 Å². The number of hydrogen-bond acceptors (Lipinski definition) is 4. The van der Waals surface area contributed by atoms with Gasteiger partial charge < -0.3 is 19.7 Å². The lowest BCUT2D eigenvalue weighted by molar-refractivity contribution is -0.121. The number of rotatable bonds is 9. The van der Waals surface area contributed by atoms with Gasteiger partial charge in [-0.3, -0.25) is 0 Å². The van der Waals surface area contributed by atoms with Crippen LogP contribution in [0.25, 0.3) is 0 Å². The SMILES string of the molecule is CCCCCC(C=O)OCC(O)CO. The van der Waals surface area contributed by atoms with Crippen LogP contribution < -0.4 is 0 Å². The van der Waals surface area contributed by atoms with Crippen LogP contribution in [0.5, 0.6) is 0 Å². The lowest BCUT2D eigenvalue weighted by Crippen LogP contribution is -2.25. The molecular weight excluding hydrogens is 184 g/mol. The molecule has 84 valence electrons. The van der Waals surface area contributed by atoms with Crippen molar-refractivity contribution in [3.8, 4) is 0 Å². The van der Waals surface area contributed by atoms with Gasteiger partial charge in [0, 0.05) is 0 Å². The summed E-state index contributed by atoms with van der Waals surface area (Å²) in [5.74, 6) is 0. The summed E-state index contributed by atoms with van der Waals surface area (Å²) in [4.78, 5) is 10.5. The zero-order chi connectivity index (χ0) is 10.8. The van der Waals surface area contributed by atoms with E-state index >= 15 is 0 Å². The Balaban J connectivity index is 3.52. The quantitative estimate of drug-likeness (QED) is 0.424. The van der Waals surface area contributed by atoms with Crippen LogP contribution in [0.1, 0.15) is 32.6 Å². The van der Waals surface area contributed by atoms with Crippen LogP contribution in [0.4, 0.5) is 0 Å². The van der Waals surface area contributed by atoms with Gasteiger partial charge >= 0.3 is 0 Å². The fraction of sp³-hybridized carbons (Fsp3) is 0.900. The number of ether oxygens (including phenoxy) is 1. The van der Waals surface area contributed by atoms with E-state index in [2.05, 4.69) is 6.92 Å². The molecule has 0 fully saturated rings. The second-order valence-electron chi connectivity index (χ2n) is 3.34. The Kier molecular flexibility index (Phi) is 8.83. The maximum atomic E-state index is 10.5. The van der Waals surface area contributed by atoms with Crippen molar-refractivity contribution >= 4 is 6.29 Å². The van der Waals surface area contributed by atoms with E-state index in [1.807, 2.05) is 0 Å². The number of aliphatic hydroxyl groups excluding tert-OH is 2. The van der Waals surface area contributed by atoms with Crippen LogP contribution in [0, 0.1) is 0 Å². The van der Waals surface area contributed by atoms with E-state index in [-0.39, 0.29) is 13.2 Å². The summed E-state index contributed by atoms with van der Waals surface area (Å²) < 4.78 is 5.11. The molecule has 2 atom stereocenters. The van der Waals surface area contributed by atoms with Crippen molar-refractivity contribution in [1.29, 1.82) is 0 Å². The lowest BCUT2D eigenvalue weighted by Gasteiger charge is -2.13. The minimum Gasteiger partial charge on any atom is -0.394 e. The summed E-state index contributed by atoms with van der Waals surface area (Å²) in [5.41, 5.74) is 0. The van der Waals surface area contributed by atoms with Crippen LogP contribution in [0.2, 0.25) is 0 Å². The highest BCUT2D eigenvalue weighted by molar-refractivity contribution is 5.55. The van der Waals surface area contributed by atoms with E-state index in [9.17, 15) is 4.79 Å². The Morgan fingerprint density at radius 1 is 1.43 bits per heavy atom. The van der Waals surface area contributed by atoms with Crippen molar-refractivity contribution in [2.24, 2.45) is 0 Å². The molecule has 0 aromatic carbocycles. The Bertz CT molecular complexity index is 138. The number of unbranched alkanes of at least 4 members (excludes halogenated alkanes) is 2. The van der Waals surface area contributed by atoms with Crippen LogP contribution in [-0.2, 0) is 9.53 Å². The van der Waals surface area contributed by atoms with Crippen molar-refractivity contribution in [2.75, 3.05) is 13.2 Å². The molecule has 0 aliphatic rings. The molecule has 0 aromatic rings. The van der Waals surface area contributed by atoms with Gasteiger partial charge in [-0.05, 0) is 6.42 Å². The van der Waals surface area contributed by atoms with Gasteiger partial charge in [-0.1, -0.05) is 26.2 Å². The fourth-order valence-corrected chi connectivity index (χ4v) is 1.07. The molecule has 0 amide bonds. The molecule has 0 aromatic heterocycles. The molecule has 0 aliphatic carbocycles. The standard InChI is InChI=1S/C10H20O4/c1-2-3-4-5-10(7-12)14-8-9(13)6-11/h7,9-11,13H,2-6,8H2,1H3. The van der Waals surface area contributed by atoms with Gasteiger partial charge in [0.15, 0.2) is 0 Å². The van der Waals surface area contributed by atoms with Crippen LogP contribution in [0.15, 0.2) is 0 Å². The molecule has 14 heavy (non-hydrogen) atoms. The van der Waals surface area contributed by atoms with Gasteiger partial charge in [0.25, 0.3) is 0 Å². The first-order valence-electron chi connectivity index (χ1n) is 5.10. The normalized spacial score (nSPS) is 15.1. The van der Waals surface area contributed by atoms with Crippen molar-refractivity contribution in [3.63, 3.8) is 0 Å². The van der Waals surface area contributed by atoms with Gasteiger partial charge in [0.2, 0.25) is 0 Å². The van der Waals surface area contributed by atoms with E-state index in [4.69, 9.17) is 14.9 Å². The summed E-state index contributed by atoms with van der Waals surface area (Å²) in [6.45, 7) is 1.78. The third-order valence-electron chi connectivity index (χ3n) is 1.96. The number of carbonyl (C=O) groups excluding carboxylic acids is 1. The highest BCUT2D eigenvalue weighted by Gasteiger charge is 2.09. The minimum atomic E-state index is -0.886. The zero-order valence-corrected chi connectivity index (χ0v) is 8.69. The Hall–Kier alpha value is -0.450. The van der Waals surface area contributed by atoms with Gasteiger partial charge in [-0.25, -0.2) is 0 Å². The molecule has 0 radical (unpaired) electrons. The molecule has 0 heterocycles. The highest BCUT2D eigenvalue weighted by Crippen LogP contribution is 2.05. The summed E-state index contributed by atoms with van der Waals surface area (Å²) >= 11 is 0. The van der Waals surface area contributed by atoms with E-state index in [1.54, 1.807) is 0 Å². The lowest BCUT2D eigenvalue weighted by atomic mass is 10.1. The molecule has 4 heteroatoms. The molecule has 2 N–H and O–H groups in total. The Morgan fingerprint density at radius 3 is 2.64 bits per heavy atom. The first kappa shape index (κ1) is 13.5. The maximum Gasteiger partial charge on any atom is 0.148 e. The predicted octanol–water partition coefficient (Wildman–Crippen LogP) is 0.504. The third-order valence-corrected chi connectivity index (χ3v) is 1.96. The van der Waals surface area contributed by atoms with Crippen LogP contribution in [-0.4, -0.2) is 41.9 Å². The highest BCUT2D eigenvalue weighted by atomic mass is 16.5. The molecule has 2 unspecified atom stereocenters. The van der Waals surface area contributed by atoms with E-state index in [0.717, 1.165) is 25.5 Å². The Labute approximate surface area is 84.9 Å². The number of aliphatic hydroxyl groups is 2. The average molecular weight is 204 g/mol. The van der Waals surface area contributed by atoms with Crippen molar-refractivity contribution < 1.29 is 19.7 Å². The second-order valence-corrected chi connectivity index (χ2v) is 3.34. The van der Waals surface area contributed by atoms with Gasteiger partial charge in [-0.15, -0.1) is 0 Å². The molecule has 0 aliphatic heterocycles. The molecular formula is C10H20O4. The summed E-state index contributed by atoms with van der Waals surface area (Å²) in [6.07, 6.45) is 3.25. The summed E-state index contributed by atoms with van der Waals surface area (Å²) in [7, 11) is 0. The number of hydrogen-bond donors (Lipinski definition) is 2. The Morgan fingerprint density at radius 2 is 2.14 bits per heavy atom. The molecule has 4 nitrogen and oxygen atoms in total. The molecule has 0 rings (SSSR count). The number of aldehydes is 1. The van der Waals surface area contributed by atoms with Crippen LogP contribution >= 0.6 is 0 Å². The van der Waals surface area contributed by atoms with Crippen molar-refractivity contribution in [1.82, 2.24) is 0 Å². The monoisotopic (exact) mass is 204 g/mol. The minimum absolute atomic E-state index is 0.0199. The third kappa shape index (κ3) is 7.00. The average Bonchev–Trinajstić information content (AvgIpc) is 2.22. The molecule has 0 spiro atoms. The molecule has 0 bridgehead atoms. The topological polar surface area (TPSA) is 66.8 Å². The first-order chi connectivity index (χ1) is 6.74.